The third-order valence-electron chi connectivity index (χ3n) is 4.74. The van der Waals surface area contributed by atoms with Crippen molar-refractivity contribution >= 4 is 0 Å². The van der Waals surface area contributed by atoms with Crippen molar-refractivity contribution in [2.45, 2.75) is 32.2 Å². The third-order valence-corrected chi connectivity index (χ3v) is 4.74. The lowest BCUT2D eigenvalue weighted by Gasteiger charge is -2.25. The van der Waals surface area contributed by atoms with E-state index in [4.69, 9.17) is 0 Å². The van der Waals surface area contributed by atoms with Crippen molar-refractivity contribution in [3.8, 4) is 0 Å². The Morgan fingerprint density at radius 2 is 1.79 bits per heavy atom. The van der Waals surface area contributed by atoms with Gasteiger partial charge >= 0.3 is 0 Å². The smallest absolute Gasteiger partial charge is 0.0233 e. The van der Waals surface area contributed by atoms with Gasteiger partial charge in [0.2, 0.25) is 0 Å². The molecule has 104 valence electrons. The SMILES string of the molecule is c1ccc(CN2CCC(CC3CCNCC3)C2)cc1. The lowest BCUT2D eigenvalue weighted by Crippen LogP contribution is -2.29. The summed E-state index contributed by atoms with van der Waals surface area (Å²) in [6, 6.07) is 10.9. The van der Waals surface area contributed by atoms with Gasteiger partial charge in [0.25, 0.3) is 0 Å². The summed E-state index contributed by atoms with van der Waals surface area (Å²) in [5.41, 5.74) is 1.46. The summed E-state index contributed by atoms with van der Waals surface area (Å²) in [5, 5.41) is 3.47. The number of nitrogens with one attached hydrogen (secondary N) is 1. The Hall–Kier alpha value is -0.860. The molecule has 1 aromatic carbocycles. The Labute approximate surface area is 117 Å². The van der Waals surface area contributed by atoms with Gasteiger partial charge in [-0.2, -0.15) is 0 Å². The molecule has 0 radical (unpaired) electrons. The molecule has 2 aliphatic heterocycles. The molecule has 2 aliphatic rings. The Bertz CT molecular complexity index is 370. The molecule has 2 saturated heterocycles. The van der Waals surface area contributed by atoms with E-state index in [-0.39, 0.29) is 0 Å². The van der Waals surface area contributed by atoms with Crippen LogP contribution in [0.4, 0.5) is 0 Å². The average Bonchev–Trinajstić information content (AvgIpc) is 2.88. The van der Waals surface area contributed by atoms with Gasteiger partial charge in [0.15, 0.2) is 0 Å². The molecule has 1 unspecified atom stereocenters. The van der Waals surface area contributed by atoms with Crippen LogP contribution in [-0.4, -0.2) is 31.1 Å². The number of hydrogen-bond acceptors (Lipinski definition) is 2. The van der Waals surface area contributed by atoms with E-state index in [1.807, 2.05) is 0 Å². The molecule has 0 aliphatic carbocycles. The zero-order valence-corrected chi connectivity index (χ0v) is 11.9. The lowest BCUT2D eigenvalue weighted by molar-refractivity contribution is 0.275. The fourth-order valence-corrected chi connectivity index (χ4v) is 3.68. The average molecular weight is 258 g/mol. The zero-order valence-electron chi connectivity index (χ0n) is 11.9. The highest BCUT2D eigenvalue weighted by Crippen LogP contribution is 2.28. The molecular formula is C17H26N2. The molecule has 0 amide bonds. The molecule has 2 heterocycles. The summed E-state index contributed by atoms with van der Waals surface area (Å²) in [7, 11) is 0. The summed E-state index contributed by atoms with van der Waals surface area (Å²) in [5.74, 6) is 1.94. The van der Waals surface area contributed by atoms with Crippen molar-refractivity contribution in [2.24, 2.45) is 11.8 Å². The number of piperidine rings is 1. The molecule has 0 aromatic heterocycles. The maximum atomic E-state index is 3.47. The van der Waals surface area contributed by atoms with Gasteiger partial charge in [-0.3, -0.25) is 4.90 Å². The molecule has 2 heteroatoms. The van der Waals surface area contributed by atoms with Crippen LogP contribution in [0.2, 0.25) is 0 Å². The van der Waals surface area contributed by atoms with Gasteiger partial charge in [-0.25, -0.2) is 0 Å². The number of benzene rings is 1. The van der Waals surface area contributed by atoms with E-state index in [2.05, 4.69) is 40.5 Å². The summed E-state index contributed by atoms with van der Waals surface area (Å²) in [4.78, 5) is 2.64. The fourth-order valence-electron chi connectivity index (χ4n) is 3.68. The Morgan fingerprint density at radius 1 is 1.00 bits per heavy atom. The van der Waals surface area contributed by atoms with Crippen LogP contribution in [0.3, 0.4) is 0 Å². The highest BCUT2D eigenvalue weighted by molar-refractivity contribution is 5.14. The highest BCUT2D eigenvalue weighted by atomic mass is 15.1. The lowest BCUT2D eigenvalue weighted by atomic mass is 9.87. The summed E-state index contributed by atoms with van der Waals surface area (Å²) in [6.07, 6.45) is 5.67. The van der Waals surface area contributed by atoms with Crippen molar-refractivity contribution in [1.82, 2.24) is 10.2 Å². The molecular weight excluding hydrogens is 232 g/mol. The highest BCUT2D eigenvalue weighted by Gasteiger charge is 2.25. The standard InChI is InChI=1S/C17H26N2/c1-2-4-16(5-3-1)13-19-11-8-17(14-19)12-15-6-9-18-10-7-15/h1-5,15,17-18H,6-14H2. The van der Waals surface area contributed by atoms with E-state index < -0.39 is 0 Å². The minimum Gasteiger partial charge on any atom is -0.317 e. The molecule has 2 nitrogen and oxygen atoms in total. The quantitative estimate of drug-likeness (QED) is 0.893. The van der Waals surface area contributed by atoms with Gasteiger partial charge in [0.1, 0.15) is 0 Å². The van der Waals surface area contributed by atoms with Crippen LogP contribution in [0.25, 0.3) is 0 Å². The maximum absolute atomic E-state index is 3.47. The van der Waals surface area contributed by atoms with Crippen molar-refractivity contribution in [3.05, 3.63) is 35.9 Å². The first kappa shape index (κ1) is 13.1. The van der Waals surface area contributed by atoms with Crippen molar-refractivity contribution in [1.29, 1.82) is 0 Å². The minimum absolute atomic E-state index is 0.951. The number of hydrogen-bond donors (Lipinski definition) is 1. The normalized spacial score (nSPS) is 25.8. The van der Waals surface area contributed by atoms with Crippen LogP contribution >= 0.6 is 0 Å². The van der Waals surface area contributed by atoms with Gasteiger partial charge in [-0.05, 0) is 62.7 Å². The molecule has 3 rings (SSSR count). The molecule has 19 heavy (non-hydrogen) atoms. The van der Waals surface area contributed by atoms with Gasteiger partial charge in [-0.15, -0.1) is 0 Å². The van der Waals surface area contributed by atoms with E-state index in [1.54, 1.807) is 0 Å². The van der Waals surface area contributed by atoms with Gasteiger partial charge < -0.3 is 5.32 Å². The van der Waals surface area contributed by atoms with E-state index in [0.717, 1.165) is 18.4 Å². The van der Waals surface area contributed by atoms with E-state index >= 15 is 0 Å². The van der Waals surface area contributed by atoms with E-state index in [1.165, 1.54) is 57.4 Å². The molecule has 2 fully saturated rings. The van der Waals surface area contributed by atoms with Gasteiger partial charge in [0.05, 0.1) is 0 Å². The van der Waals surface area contributed by atoms with Gasteiger partial charge in [0, 0.05) is 13.1 Å². The van der Waals surface area contributed by atoms with Crippen molar-refractivity contribution < 1.29 is 0 Å². The Balaban J connectivity index is 1.44. The van der Waals surface area contributed by atoms with Crippen molar-refractivity contribution in [2.75, 3.05) is 26.2 Å². The summed E-state index contributed by atoms with van der Waals surface area (Å²) < 4.78 is 0. The monoisotopic (exact) mass is 258 g/mol. The van der Waals surface area contributed by atoms with Crippen LogP contribution in [-0.2, 0) is 6.54 Å². The van der Waals surface area contributed by atoms with Gasteiger partial charge in [-0.1, -0.05) is 30.3 Å². The van der Waals surface area contributed by atoms with Crippen LogP contribution in [0.15, 0.2) is 30.3 Å². The second kappa shape index (κ2) is 6.53. The third kappa shape index (κ3) is 3.80. The van der Waals surface area contributed by atoms with Crippen LogP contribution in [0.1, 0.15) is 31.2 Å². The summed E-state index contributed by atoms with van der Waals surface area (Å²) in [6.45, 7) is 6.24. The number of nitrogens with zero attached hydrogens (tertiary/aromatic N) is 1. The maximum Gasteiger partial charge on any atom is 0.0233 e. The zero-order chi connectivity index (χ0) is 12.9. The van der Waals surface area contributed by atoms with Crippen molar-refractivity contribution in [3.63, 3.8) is 0 Å². The van der Waals surface area contributed by atoms with Crippen LogP contribution in [0.5, 0.6) is 0 Å². The van der Waals surface area contributed by atoms with E-state index in [9.17, 15) is 0 Å². The molecule has 1 N–H and O–H groups in total. The number of rotatable bonds is 4. The Morgan fingerprint density at radius 3 is 2.58 bits per heavy atom. The Kier molecular flexibility index (Phi) is 4.52. The second-order valence-electron chi connectivity index (χ2n) is 6.30. The minimum atomic E-state index is 0.951. The molecule has 0 bridgehead atoms. The van der Waals surface area contributed by atoms with E-state index in [0.29, 0.717) is 0 Å². The predicted octanol–water partition coefficient (Wildman–Crippen LogP) is 2.90. The summed E-state index contributed by atoms with van der Waals surface area (Å²) >= 11 is 0. The number of likely N-dealkylation sites (tertiary alicyclic amines) is 1. The second-order valence-corrected chi connectivity index (χ2v) is 6.30. The first-order valence-corrected chi connectivity index (χ1v) is 7.87. The topological polar surface area (TPSA) is 15.3 Å². The molecule has 1 aromatic rings. The molecule has 0 spiro atoms. The molecule has 1 atom stereocenters. The molecule has 0 saturated carbocycles. The predicted molar refractivity (Wildman–Crippen MR) is 80.0 cm³/mol. The van der Waals surface area contributed by atoms with Crippen LogP contribution in [0, 0.1) is 11.8 Å². The largest absolute Gasteiger partial charge is 0.317 e. The van der Waals surface area contributed by atoms with Crippen LogP contribution < -0.4 is 5.32 Å². The fraction of sp³-hybridized carbons (Fsp3) is 0.647. The first-order valence-electron chi connectivity index (χ1n) is 7.87. The first-order chi connectivity index (χ1) is 9.40.